The normalized spacial score (nSPS) is 13.2. The standard InChI is InChI=1S/C62H76N22O16/c1-32(85)71-42(20-11-27-70-59(67)68)49(87)73-43(18-8-9-25-63)50(88)74-44(28-33-21-23-34(24-22-33)84(99)100)51(89)75-46(30-82-56(94)36-13-3-6-16-39(36)79-61(82)97)53(91)77-47(31-83-57(95)37-14-4-7-17-40(37)80-62(83)98)54(92)76-45(52(90)72-41(48(64)86)19-10-26-69-58(65)66)29-81-55(93)35-12-2-5-15-38(35)78-60(81)96/h2-7,12-17,21-24,41-47H,8-11,18-20,25-31,63H2,1H3,(H2,64,86)(H,71,85)(H,72,90)(H,73,87)(H,74,88)(H,75,89)(H,76,92)(H,77,91)(H,78,96)(H,79,97)(H,80,98)(H4,65,66,69)(H4,67,68,70)/t41-,42-,43-,44-,45-,46-,47-/m0/s1. The Labute approximate surface area is 564 Å². The van der Waals surface area contributed by atoms with Gasteiger partial charge in [0.15, 0.2) is 11.9 Å². The number of nitrogens with zero attached hydrogens (tertiary/aromatic N) is 4. The molecule has 8 amide bonds. The summed E-state index contributed by atoms with van der Waals surface area (Å²) in [5, 5.41) is 48.7. The van der Waals surface area contributed by atoms with E-state index in [-0.39, 0.29) is 108 Å². The van der Waals surface area contributed by atoms with Gasteiger partial charge in [-0.1, -0.05) is 48.5 Å². The third-order valence-electron chi connectivity index (χ3n) is 15.8. The highest BCUT2D eigenvalue weighted by Crippen LogP contribution is 2.16. The molecule has 0 aliphatic rings. The van der Waals surface area contributed by atoms with Crippen LogP contribution in [0.3, 0.4) is 0 Å². The predicted octanol–water partition coefficient (Wildman–Crippen LogP) is -5.20. The summed E-state index contributed by atoms with van der Waals surface area (Å²) in [5.41, 5.74) is 15.7. The van der Waals surface area contributed by atoms with Gasteiger partial charge in [0.05, 0.1) is 57.3 Å². The number of carbonyl (C=O) groups excluding carboxylic acids is 8. The van der Waals surface area contributed by atoms with Crippen LogP contribution in [0.1, 0.15) is 57.4 Å². The van der Waals surface area contributed by atoms with E-state index in [2.05, 4.69) is 62.8 Å². The van der Waals surface area contributed by atoms with Gasteiger partial charge >= 0.3 is 17.1 Å². The first kappa shape index (κ1) is 74.8. The Bertz CT molecular complexity index is 4640. The van der Waals surface area contributed by atoms with Gasteiger partial charge in [-0.3, -0.25) is 87.4 Å². The third kappa shape index (κ3) is 20.2. The zero-order valence-electron chi connectivity index (χ0n) is 53.8. The van der Waals surface area contributed by atoms with E-state index in [0.29, 0.717) is 20.1 Å². The van der Waals surface area contributed by atoms with Gasteiger partial charge in [0, 0.05) is 38.6 Å². The van der Waals surface area contributed by atoms with Crippen molar-refractivity contribution in [1.82, 2.24) is 76.5 Å². The van der Waals surface area contributed by atoms with Crippen LogP contribution in [0, 0.1) is 20.9 Å². The number of rotatable bonds is 35. The lowest BCUT2D eigenvalue weighted by Gasteiger charge is -2.28. The summed E-state index contributed by atoms with van der Waals surface area (Å²) in [6.45, 7) is -1.91. The first-order valence-corrected chi connectivity index (χ1v) is 31.3. The summed E-state index contributed by atoms with van der Waals surface area (Å²) >= 11 is 0. The number of unbranched alkanes of at least 4 members (excludes halogenated alkanes) is 1. The summed E-state index contributed by atoms with van der Waals surface area (Å²) in [5.74, 6) is -9.98. The number of nitrogens with two attached hydrogens (primary N) is 4. The van der Waals surface area contributed by atoms with Crippen LogP contribution in [-0.2, 0) is 64.4 Å². The van der Waals surface area contributed by atoms with Gasteiger partial charge in [-0.25, -0.2) is 14.4 Å². The highest BCUT2D eigenvalue weighted by molar-refractivity contribution is 5.98. The molecule has 7 atom stereocenters. The zero-order chi connectivity index (χ0) is 72.9. The molecule has 530 valence electrons. The van der Waals surface area contributed by atoms with Gasteiger partial charge in [0.25, 0.3) is 22.4 Å². The minimum Gasteiger partial charge on any atom is -0.370 e. The smallest absolute Gasteiger partial charge is 0.328 e. The predicted molar refractivity (Wildman–Crippen MR) is 363 cm³/mol. The summed E-state index contributed by atoms with van der Waals surface area (Å²) in [6.07, 6.45) is -0.166. The maximum Gasteiger partial charge on any atom is 0.328 e. The van der Waals surface area contributed by atoms with Crippen LogP contribution in [0.5, 0.6) is 0 Å². The number of carbonyl (C=O) groups is 8. The minimum atomic E-state index is -2.30. The second-order valence-corrected chi connectivity index (χ2v) is 23.1. The van der Waals surface area contributed by atoms with E-state index in [1.165, 1.54) is 84.9 Å². The van der Waals surface area contributed by atoms with E-state index >= 15 is 14.4 Å². The van der Waals surface area contributed by atoms with Crippen molar-refractivity contribution >= 4 is 97.6 Å². The van der Waals surface area contributed by atoms with Crippen LogP contribution in [0.15, 0.2) is 126 Å². The number of fused-ring (bicyclic) bond motifs is 3. The summed E-state index contributed by atoms with van der Waals surface area (Å²) in [4.78, 5) is 218. The molecule has 100 heavy (non-hydrogen) atoms. The summed E-state index contributed by atoms with van der Waals surface area (Å²) in [6, 6.07) is 8.82. The summed E-state index contributed by atoms with van der Waals surface area (Å²) in [7, 11) is 0. The topological polar surface area (TPSA) is 604 Å². The van der Waals surface area contributed by atoms with E-state index in [9.17, 15) is 62.9 Å². The highest BCUT2D eigenvalue weighted by Gasteiger charge is 2.36. The number of aromatic amines is 3. The molecule has 0 spiro atoms. The molecule has 0 radical (unpaired) electrons. The molecule has 4 aromatic carbocycles. The average Bonchev–Trinajstić information content (AvgIpc) is 0.798. The molecule has 0 aliphatic heterocycles. The lowest BCUT2D eigenvalue weighted by Crippen LogP contribution is -2.63. The molecule has 0 aliphatic carbocycles. The average molecular weight is 1390 g/mol. The van der Waals surface area contributed by atoms with Gasteiger partial charge < -0.3 is 85.7 Å². The number of nitro groups is 1. The molecule has 0 saturated heterocycles. The van der Waals surface area contributed by atoms with Crippen molar-refractivity contribution in [2.45, 2.75) is 120 Å². The first-order chi connectivity index (χ1) is 47.6. The van der Waals surface area contributed by atoms with Crippen LogP contribution in [0.25, 0.3) is 32.7 Å². The Morgan fingerprint density at radius 1 is 0.460 bits per heavy atom. The summed E-state index contributed by atoms with van der Waals surface area (Å²) < 4.78 is 1.51. The number of hydrogen-bond donors (Lipinski definition) is 18. The quantitative estimate of drug-likeness (QED) is 0.00580. The van der Waals surface area contributed by atoms with Crippen molar-refractivity contribution in [2.75, 3.05) is 19.6 Å². The molecule has 0 bridgehead atoms. The fourth-order valence-corrected chi connectivity index (χ4v) is 10.7. The van der Waals surface area contributed by atoms with Crippen LogP contribution in [0.2, 0.25) is 0 Å². The molecule has 0 unspecified atom stereocenters. The van der Waals surface area contributed by atoms with Crippen molar-refractivity contribution in [2.24, 2.45) is 22.9 Å². The monoisotopic (exact) mass is 1380 g/mol. The largest absolute Gasteiger partial charge is 0.370 e. The lowest BCUT2D eigenvalue weighted by atomic mass is 10.0. The van der Waals surface area contributed by atoms with Crippen molar-refractivity contribution < 1.29 is 43.3 Å². The van der Waals surface area contributed by atoms with E-state index < -0.39 is 160 Å². The molecular weight excluding hydrogens is 1310 g/mol. The van der Waals surface area contributed by atoms with Crippen molar-refractivity contribution in [3.8, 4) is 0 Å². The molecule has 7 aromatic rings. The molecule has 0 saturated carbocycles. The Balaban J connectivity index is 1.34. The number of benzene rings is 4. The first-order valence-electron chi connectivity index (χ1n) is 31.3. The van der Waals surface area contributed by atoms with E-state index in [1.807, 2.05) is 0 Å². The van der Waals surface area contributed by atoms with Gasteiger partial charge in [0.2, 0.25) is 47.3 Å². The Kier molecular flexibility index (Phi) is 26.1. The van der Waals surface area contributed by atoms with Gasteiger partial charge in [0.1, 0.15) is 42.3 Å². The van der Waals surface area contributed by atoms with Gasteiger partial charge in [-0.15, -0.1) is 0 Å². The molecule has 3 aromatic heterocycles. The lowest BCUT2D eigenvalue weighted by molar-refractivity contribution is -0.384. The number of para-hydroxylation sites is 3. The second-order valence-electron chi connectivity index (χ2n) is 23.1. The molecule has 3 heterocycles. The molecule has 38 heteroatoms. The molecular formula is C62H76N22O16. The second kappa shape index (κ2) is 34.9. The van der Waals surface area contributed by atoms with Crippen LogP contribution < -0.4 is 105 Å². The fourth-order valence-electron chi connectivity index (χ4n) is 10.7. The van der Waals surface area contributed by atoms with E-state index in [4.69, 9.17) is 33.8 Å². The number of aromatic nitrogens is 6. The molecule has 7 rings (SSSR count). The number of hydrogen-bond acceptors (Lipinski definition) is 19. The highest BCUT2D eigenvalue weighted by atomic mass is 16.6. The van der Waals surface area contributed by atoms with Crippen molar-refractivity contribution in [3.63, 3.8) is 0 Å². The Morgan fingerprint density at radius 2 is 0.790 bits per heavy atom. The SMILES string of the molecule is CC(=O)N[C@@H](CCCNC(=N)N)C(=O)N[C@@H](CCCCN)C(=O)N[C@@H](Cc1ccc([N+](=O)[O-])cc1)C(=O)N[C@@H](Cn1c(=O)[nH]c2ccccc2c1=O)C(=O)N[C@@H](Cn1c(=O)[nH]c2ccccc2c1=O)C(=O)N[C@@H](Cn1c(=O)[nH]c2ccccc2c1=O)C(=O)N[C@@H](CCCNC(=N)N)C(N)=O. The number of nitro benzene ring substituents is 1. The maximum atomic E-state index is 15.5. The third-order valence-corrected chi connectivity index (χ3v) is 15.8. The van der Waals surface area contributed by atoms with Gasteiger partial charge in [-0.05, 0) is 93.5 Å². The molecule has 38 nitrogen and oxygen atoms in total. The van der Waals surface area contributed by atoms with Crippen LogP contribution >= 0.6 is 0 Å². The zero-order valence-corrected chi connectivity index (χ0v) is 53.8. The fraction of sp³-hybridized carbons (Fsp3) is 0.355. The number of amides is 8. The van der Waals surface area contributed by atoms with E-state index in [1.54, 1.807) is 0 Å². The van der Waals surface area contributed by atoms with Gasteiger partial charge in [-0.2, -0.15) is 0 Å². The Morgan fingerprint density at radius 3 is 1.16 bits per heavy atom. The number of nitrogens with one attached hydrogen (secondary N) is 14. The van der Waals surface area contributed by atoms with Crippen LogP contribution in [-0.4, -0.2) is 155 Å². The van der Waals surface area contributed by atoms with Crippen molar-refractivity contribution in [3.05, 3.63) is 175 Å². The van der Waals surface area contributed by atoms with Crippen molar-refractivity contribution in [1.29, 1.82) is 10.8 Å². The molecule has 22 N–H and O–H groups in total. The number of guanidine groups is 2. The molecule has 0 fully saturated rings. The number of H-pyrrole nitrogens is 3. The number of primary amides is 1. The Hall–Kier alpha value is -12.6. The minimum absolute atomic E-state index is 0.00877. The number of non-ortho nitro benzene ring substituents is 1. The maximum absolute atomic E-state index is 15.5. The van der Waals surface area contributed by atoms with Crippen LogP contribution in [0.4, 0.5) is 5.69 Å². The van der Waals surface area contributed by atoms with E-state index in [0.717, 1.165) is 19.1 Å².